The van der Waals surface area contributed by atoms with Crippen LogP contribution in [0.3, 0.4) is 0 Å². The number of hydrogen-bond donors (Lipinski definition) is 4. The molecule has 1 aliphatic rings. The van der Waals surface area contributed by atoms with Crippen LogP contribution in [0.25, 0.3) is 0 Å². The van der Waals surface area contributed by atoms with E-state index in [1.165, 1.54) is 0 Å². The second-order valence-corrected chi connectivity index (χ2v) is 1.63. The molecule has 0 bridgehead atoms. The number of nitrogens with two attached hydrogens (primary N) is 2. The number of nitrogens with zero attached hydrogens (tertiary/aromatic N) is 2. The van der Waals surface area contributed by atoms with Crippen molar-refractivity contribution in [3.8, 4) is 0 Å². The molecule has 0 radical (unpaired) electrons. The summed E-state index contributed by atoms with van der Waals surface area (Å²) in [4.78, 5) is 3.97. The summed E-state index contributed by atoms with van der Waals surface area (Å²) in [6, 6.07) is 0. The summed E-state index contributed by atoms with van der Waals surface area (Å²) in [5.41, 5.74) is 4.82. The van der Waals surface area contributed by atoms with Crippen molar-refractivity contribution in [2.45, 2.75) is 0 Å². The largest absolute Gasteiger partial charge is 0.293 e. The predicted molar refractivity (Wildman–Crippen MR) is 54.3 cm³/mol. The van der Waals surface area contributed by atoms with Crippen LogP contribution in [-0.2, 0) is 0 Å². The van der Waals surface area contributed by atoms with Gasteiger partial charge >= 0.3 is 0 Å². The molecule has 8 heteroatoms. The van der Waals surface area contributed by atoms with Gasteiger partial charge in [0.25, 0.3) is 0 Å². The molecule has 0 amide bonds. The molecule has 0 aliphatic carbocycles. The minimum atomic E-state index is 0. The number of hydrogen-bond acceptors (Lipinski definition) is 6. The zero-order valence-corrected chi connectivity index (χ0v) is 9.21. The Balaban J connectivity index is 0. The van der Waals surface area contributed by atoms with Gasteiger partial charge in [-0.3, -0.25) is 16.3 Å². The van der Waals surface area contributed by atoms with E-state index < -0.39 is 0 Å². The molecule has 0 atom stereocenters. The number of hydrazine groups is 3. The molecular weight excluding hydrogens is 280 g/mol. The lowest BCUT2D eigenvalue weighted by Gasteiger charge is -2.16. The van der Waals surface area contributed by atoms with Crippen molar-refractivity contribution in [3.05, 3.63) is 0 Å². The zero-order valence-electron chi connectivity index (χ0n) is 5.78. The van der Waals surface area contributed by atoms with Crippen LogP contribution in [0.4, 0.5) is 0 Å². The summed E-state index contributed by atoms with van der Waals surface area (Å²) in [5, 5.41) is 1.62. The molecule has 1 aliphatic heterocycles. The molecule has 0 fully saturated rings. The van der Waals surface area contributed by atoms with Gasteiger partial charge in [-0.1, -0.05) is 0 Å². The van der Waals surface area contributed by atoms with Crippen LogP contribution in [0, 0.1) is 0 Å². The van der Waals surface area contributed by atoms with Crippen LogP contribution in [-0.4, -0.2) is 24.1 Å². The highest BCUT2D eigenvalue weighted by molar-refractivity contribution is 8.93. The Hall–Kier alpha value is 0.110. The van der Waals surface area contributed by atoms with Gasteiger partial charge in [0, 0.05) is 0 Å². The van der Waals surface area contributed by atoms with Crippen molar-refractivity contribution >= 4 is 39.9 Å². The molecule has 6 N–H and O–H groups in total. The summed E-state index contributed by atoms with van der Waals surface area (Å²) in [7, 11) is 0. The van der Waals surface area contributed by atoms with E-state index in [0.717, 1.165) is 13.1 Å². The highest BCUT2D eigenvalue weighted by atomic mass is 79.9. The first-order valence-electron chi connectivity index (χ1n) is 2.63. The van der Waals surface area contributed by atoms with Crippen molar-refractivity contribution < 1.29 is 0 Å². The third kappa shape index (κ3) is 3.34. The molecule has 0 unspecified atom stereocenters. The fraction of sp³-hybridized carbons (Fsp3) is 0.667. The molecule has 0 spiro atoms. The lowest BCUT2D eigenvalue weighted by atomic mass is 10.7. The van der Waals surface area contributed by atoms with Gasteiger partial charge in [0.15, 0.2) is 0 Å². The number of aliphatic imine (C=N–C) groups is 1. The minimum Gasteiger partial charge on any atom is -0.293 e. The molecule has 68 valence electrons. The lowest BCUT2D eigenvalue weighted by molar-refractivity contribution is 0.332. The fourth-order valence-corrected chi connectivity index (χ4v) is 0.696. The molecule has 1 rings (SSSR count). The van der Waals surface area contributed by atoms with Crippen LogP contribution in [0.1, 0.15) is 0 Å². The second kappa shape index (κ2) is 6.80. The van der Waals surface area contributed by atoms with Crippen molar-refractivity contribution in [1.29, 1.82) is 0 Å². The molecule has 11 heavy (non-hydrogen) atoms. The van der Waals surface area contributed by atoms with Crippen molar-refractivity contribution in [2.75, 3.05) is 13.1 Å². The first-order chi connectivity index (χ1) is 4.38. The van der Waals surface area contributed by atoms with E-state index >= 15 is 0 Å². The van der Waals surface area contributed by atoms with Crippen molar-refractivity contribution in [3.63, 3.8) is 0 Å². The van der Waals surface area contributed by atoms with E-state index in [1.807, 2.05) is 0 Å². The monoisotopic (exact) mass is 290 g/mol. The quantitative estimate of drug-likeness (QED) is 0.354. The molecular formula is C3H12Br2N6. The Morgan fingerprint density at radius 3 is 2.36 bits per heavy atom. The highest BCUT2D eigenvalue weighted by Crippen LogP contribution is 1.91. The van der Waals surface area contributed by atoms with Crippen LogP contribution in [0.15, 0.2) is 4.99 Å². The van der Waals surface area contributed by atoms with Crippen molar-refractivity contribution in [2.24, 2.45) is 16.7 Å². The highest BCUT2D eigenvalue weighted by Gasteiger charge is 2.12. The molecule has 0 saturated carbocycles. The average Bonchev–Trinajstić information content (AvgIpc) is 2.33. The van der Waals surface area contributed by atoms with E-state index in [9.17, 15) is 0 Å². The molecule has 1 heterocycles. The number of rotatable bonds is 1. The maximum Gasteiger partial charge on any atom is 0.224 e. The van der Waals surface area contributed by atoms with Gasteiger partial charge in [-0.05, 0) is 0 Å². The Morgan fingerprint density at radius 1 is 1.36 bits per heavy atom. The summed E-state index contributed by atoms with van der Waals surface area (Å²) in [5.74, 6) is 10.8. The Kier molecular flexibility index (Phi) is 8.46. The SMILES string of the molecule is Br.Br.NNC1=NCCN1NN. The summed E-state index contributed by atoms with van der Waals surface area (Å²) in [6.07, 6.45) is 0. The van der Waals surface area contributed by atoms with Crippen LogP contribution < -0.4 is 22.6 Å². The Bertz CT molecular complexity index is 127. The first kappa shape index (κ1) is 13.7. The van der Waals surface area contributed by atoms with Crippen LogP contribution >= 0.6 is 34.0 Å². The van der Waals surface area contributed by atoms with Crippen molar-refractivity contribution in [1.82, 2.24) is 16.0 Å². The number of halogens is 2. The topological polar surface area (TPSA) is 91.7 Å². The molecule has 0 saturated heterocycles. The van der Waals surface area contributed by atoms with Gasteiger partial charge in [0.05, 0.1) is 13.1 Å². The molecule has 0 aromatic rings. The van der Waals surface area contributed by atoms with E-state index in [2.05, 4.69) is 16.0 Å². The Morgan fingerprint density at radius 2 is 2.00 bits per heavy atom. The summed E-state index contributed by atoms with van der Waals surface area (Å²) >= 11 is 0. The van der Waals surface area contributed by atoms with Gasteiger partial charge in [0.2, 0.25) is 5.96 Å². The first-order valence-corrected chi connectivity index (χ1v) is 2.63. The number of nitrogens with one attached hydrogen (secondary N) is 2. The Labute approximate surface area is 85.8 Å². The molecule has 6 nitrogen and oxygen atoms in total. The molecule has 0 aromatic carbocycles. The second-order valence-electron chi connectivity index (χ2n) is 1.63. The van der Waals surface area contributed by atoms with E-state index in [-0.39, 0.29) is 34.0 Å². The average molecular weight is 292 g/mol. The molecule has 0 aromatic heterocycles. The third-order valence-electron chi connectivity index (χ3n) is 1.13. The van der Waals surface area contributed by atoms with Gasteiger partial charge in [-0.25, -0.2) is 10.8 Å². The number of guanidine groups is 1. The minimum absolute atomic E-state index is 0. The normalized spacial score (nSPS) is 14.7. The smallest absolute Gasteiger partial charge is 0.224 e. The van der Waals surface area contributed by atoms with Gasteiger partial charge < -0.3 is 0 Å². The zero-order chi connectivity index (χ0) is 6.69. The third-order valence-corrected chi connectivity index (χ3v) is 1.13. The maximum atomic E-state index is 5.10. The standard InChI is InChI=1S/C3H10N6.2BrH/c4-7-3-6-1-2-9(3)8-5;;/h8H,1-2,4-5H2,(H,6,7);2*1H. The van der Waals surface area contributed by atoms with Crippen LogP contribution in [0.2, 0.25) is 0 Å². The van der Waals surface area contributed by atoms with Crippen LogP contribution in [0.5, 0.6) is 0 Å². The summed E-state index contributed by atoms with van der Waals surface area (Å²) in [6.45, 7) is 1.49. The lowest BCUT2D eigenvalue weighted by Crippen LogP contribution is -2.51. The predicted octanol–water partition coefficient (Wildman–Crippen LogP) is -1.34. The van der Waals surface area contributed by atoms with Gasteiger partial charge in [-0.2, -0.15) is 5.53 Å². The van der Waals surface area contributed by atoms with E-state index in [4.69, 9.17) is 11.7 Å². The van der Waals surface area contributed by atoms with E-state index in [0.29, 0.717) is 5.96 Å². The van der Waals surface area contributed by atoms with E-state index in [1.54, 1.807) is 5.01 Å². The summed E-state index contributed by atoms with van der Waals surface area (Å²) < 4.78 is 0. The fourth-order valence-electron chi connectivity index (χ4n) is 0.696. The van der Waals surface area contributed by atoms with Gasteiger partial charge in [-0.15, -0.1) is 34.0 Å². The maximum absolute atomic E-state index is 5.10. The van der Waals surface area contributed by atoms with Gasteiger partial charge in [0.1, 0.15) is 0 Å².